The van der Waals surface area contributed by atoms with Crippen molar-refractivity contribution in [1.29, 1.82) is 5.26 Å². The Kier molecular flexibility index (Phi) is 6.75. The van der Waals surface area contributed by atoms with Crippen molar-refractivity contribution in [3.8, 4) is 17.2 Å². The summed E-state index contributed by atoms with van der Waals surface area (Å²) in [5.41, 5.74) is -0.303. The first-order valence-electron chi connectivity index (χ1n) is 12.4. The molecule has 0 saturated heterocycles. The number of nitriles is 1. The van der Waals surface area contributed by atoms with Crippen molar-refractivity contribution in [2.75, 3.05) is 5.32 Å². The van der Waals surface area contributed by atoms with Gasteiger partial charge >= 0.3 is 6.18 Å². The minimum Gasteiger partial charge on any atom is -0.369 e. The predicted molar refractivity (Wildman–Crippen MR) is 144 cm³/mol. The Bertz CT molecular complexity index is 1990. The Morgan fingerprint density at radius 2 is 1.84 bits per heavy atom. The van der Waals surface area contributed by atoms with Gasteiger partial charge in [0.05, 0.1) is 11.6 Å². The smallest absolute Gasteiger partial charge is 0.369 e. The van der Waals surface area contributed by atoms with Gasteiger partial charge in [0.25, 0.3) is 5.91 Å². The summed E-state index contributed by atoms with van der Waals surface area (Å²) in [5.74, 6) is -2.48. The van der Waals surface area contributed by atoms with E-state index in [-0.39, 0.29) is 33.1 Å². The first-order valence-corrected chi connectivity index (χ1v) is 12.8. The number of carbonyl (C=O) groups is 1. The zero-order valence-electron chi connectivity index (χ0n) is 21.4. The van der Waals surface area contributed by atoms with Crippen molar-refractivity contribution in [3.05, 3.63) is 117 Å². The summed E-state index contributed by atoms with van der Waals surface area (Å²) in [5, 5.41) is 30.5. The number of anilines is 1. The van der Waals surface area contributed by atoms with Crippen molar-refractivity contribution in [2.24, 2.45) is 0 Å². The minimum atomic E-state index is -4.89. The van der Waals surface area contributed by atoms with Crippen molar-refractivity contribution in [1.82, 2.24) is 19.9 Å². The van der Waals surface area contributed by atoms with Crippen molar-refractivity contribution < 1.29 is 31.9 Å². The van der Waals surface area contributed by atoms with E-state index in [2.05, 4.69) is 20.7 Å². The lowest BCUT2D eigenvalue weighted by atomic mass is 9.92. The summed E-state index contributed by atoms with van der Waals surface area (Å²) in [6.45, 7) is 0. The van der Waals surface area contributed by atoms with Crippen LogP contribution in [0.15, 0.2) is 67.0 Å². The Hall–Kier alpha value is -5.06. The maximum Gasteiger partial charge on any atom is 0.416 e. The lowest BCUT2D eigenvalue weighted by Gasteiger charge is -2.22. The number of halogens is 6. The van der Waals surface area contributed by atoms with E-state index in [0.717, 1.165) is 18.2 Å². The summed E-state index contributed by atoms with van der Waals surface area (Å²) < 4.78 is 69.8. The van der Waals surface area contributed by atoms with Gasteiger partial charge < -0.3 is 15.7 Å². The van der Waals surface area contributed by atoms with Crippen LogP contribution in [0.4, 0.5) is 27.6 Å². The van der Waals surface area contributed by atoms with E-state index in [1.165, 1.54) is 29.0 Å². The number of nitrogens with one attached hydrogen (secondary N) is 2. The summed E-state index contributed by atoms with van der Waals surface area (Å²) >= 11 is 6.35. The average Bonchev–Trinajstić information content (AvgIpc) is 3.57. The third-order valence-electron chi connectivity index (χ3n) is 6.97. The van der Waals surface area contributed by atoms with Gasteiger partial charge in [0.1, 0.15) is 24.0 Å². The number of pyridine rings is 1. The molecule has 3 heterocycles. The molecule has 0 fully saturated rings. The van der Waals surface area contributed by atoms with Crippen LogP contribution in [0.1, 0.15) is 50.6 Å². The van der Waals surface area contributed by atoms with Gasteiger partial charge in [-0.15, -0.1) is 0 Å². The summed E-state index contributed by atoms with van der Waals surface area (Å²) in [4.78, 5) is 17.3. The number of alkyl halides is 3. The molecule has 6 rings (SSSR count). The normalized spacial score (nSPS) is 15.2. The molecule has 14 heteroatoms. The fraction of sp³-hybridized carbons (Fsp3) is 0.103. The second-order valence-corrected chi connectivity index (χ2v) is 10.0. The molecule has 43 heavy (non-hydrogen) atoms. The number of amides is 1. The van der Waals surface area contributed by atoms with Crippen molar-refractivity contribution in [3.63, 3.8) is 0 Å². The van der Waals surface area contributed by atoms with Gasteiger partial charge in [-0.2, -0.15) is 23.5 Å². The molecule has 1 amide bonds. The van der Waals surface area contributed by atoms with Gasteiger partial charge in [0.15, 0.2) is 17.6 Å². The van der Waals surface area contributed by atoms with E-state index in [0.29, 0.717) is 28.9 Å². The highest BCUT2D eigenvalue weighted by Crippen LogP contribution is 2.43. The Labute approximate surface area is 244 Å². The number of aromatic nitrogens is 3. The largest absolute Gasteiger partial charge is 0.416 e. The minimum absolute atomic E-state index is 0.0177. The molecule has 0 radical (unpaired) electrons. The first kappa shape index (κ1) is 28.1. The molecular weight excluding hydrogens is 595 g/mol. The van der Waals surface area contributed by atoms with Crippen LogP contribution >= 0.6 is 11.6 Å². The maximum absolute atomic E-state index is 14.2. The van der Waals surface area contributed by atoms with E-state index in [1.54, 1.807) is 12.1 Å². The summed E-state index contributed by atoms with van der Waals surface area (Å²) in [6.07, 6.45) is -5.54. The van der Waals surface area contributed by atoms with E-state index >= 15 is 0 Å². The van der Waals surface area contributed by atoms with Gasteiger partial charge in [-0.05, 0) is 66.2 Å². The summed E-state index contributed by atoms with van der Waals surface area (Å²) in [7, 11) is 0. The van der Waals surface area contributed by atoms with Gasteiger partial charge in [0.2, 0.25) is 0 Å². The number of aliphatic hydroxyl groups is 1. The molecule has 8 nitrogen and oxygen atoms in total. The number of hydrogen-bond acceptors (Lipinski definition) is 6. The van der Waals surface area contributed by atoms with Crippen molar-refractivity contribution >= 4 is 28.8 Å². The standard InChI is InChI=1S/C29H16ClF5N6O2/c30-21-3-1-16(31)10-19(21)26-25-20(28(43)40-26)7-13(18-2-4-24-37-12-38-41(24)23(18)11-36)8-22(25)39-27(42)14-5-15(29(33,34)35)9-17(32)6-14/h1-10,12,26-27,39,42H,(H,40,43)/t26-,27?/m1/s1. The van der Waals surface area contributed by atoms with Gasteiger partial charge in [-0.25, -0.2) is 18.3 Å². The second kappa shape index (κ2) is 10.3. The topological polar surface area (TPSA) is 115 Å². The number of fused-ring (bicyclic) bond motifs is 2. The molecule has 5 aromatic rings. The molecule has 3 aromatic carbocycles. The lowest BCUT2D eigenvalue weighted by Crippen LogP contribution is -2.21. The lowest BCUT2D eigenvalue weighted by molar-refractivity contribution is -0.137. The highest BCUT2D eigenvalue weighted by molar-refractivity contribution is 6.31. The van der Waals surface area contributed by atoms with Crippen LogP contribution in [0.2, 0.25) is 5.02 Å². The number of aliphatic hydroxyl groups excluding tert-OH is 1. The van der Waals surface area contributed by atoms with Crippen LogP contribution in [-0.2, 0) is 6.18 Å². The van der Waals surface area contributed by atoms with Crippen LogP contribution in [-0.4, -0.2) is 25.6 Å². The first-order chi connectivity index (χ1) is 20.4. The third kappa shape index (κ3) is 5.00. The Morgan fingerprint density at radius 3 is 2.58 bits per heavy atom. The number of hydrogen-bond donors (Lipinski definition) is 3. The number of carbonyl (C=O) groups excluding carboxylic acids is 1. The van der Waals surface area contributed by atoms with Crippen LogP contribution in [0, 0.1) is 23.0 Å². The van der Waals surface area contributed by atoms with Gasteiger partial charge in [-0.3, -0.25) is 4.79 Å². The number of nitrogens with zero attached hydrogens (tertiary/aromatic N) is 4. The molecule has 1 aliphatic heterocycles. The zero-order valence-corrected chi connectivity index (χ0v) is 22.2. The quantitative estimate of drug-likeness (QED) is 0.162. The molecule has 0 bridgehead atoms. The van der Waals surface area contributed by atoms with Crippen LogP contribution in [0.3, 0.4) is 0 Å². The third-order valence-corrected chi connectivity index (χ3v) is 7.31. The monoisotopic (exact) mass is 610 g/mol. The van der Waals surface area contributed by atoms with Crippen LogP contribution < -0.4 is 10.6 Å². The van der Waals surface area contributed by atoms with Gasteiger partial charge in [-0.1, -0.05) is 11.6 Å². The molecule has 216 valence electrons. The van der Waals surface area contributed by atoms with Crippen molar-refractivity contribution in [2.45, 2.75) is 18.4 Å². The molecule has 0 saturated carbocycles. The average molecular weight is 611 g/mol. The van der Waals surface area contributed by atoms with Gasteiger partial charge in [0, 0.05) is 38.5 Å². The highest BCUT2D eigenvalue weighted by Gasteiger charge is 2.36. The fourth-order valence-corrected chi connectivity index (χ4v) is 5.30. The fourth-order valence-electron chi connectivity index (χ4n) is 5.07. The highest BCUT2D eigenvalue weighted by atomic mass is 35.5. The number of rotatable bonds is 5. The molecule has 0 spiro atoms. The molecule has 2 atom stereocenters. The maximum atomic E-state index is 14.2. The molecule has 1 unspecified atom stereocenters. The molecule has 3 N–H and O–H groups in total. The number of benzene rings is 3. The van der Waals surface area contributed by atoms with Crippen LogP contribution in [0.5, 0.6) is 0 Å². The van der Waals surface area contributed by atoms with E-state index in [1.807, 2.05) is 6.07 Å². The predicted octanol–water partition coefficient (Wildman–Crippen LogP) is 6.15. The Balaban J connectivity index is 1.54. The zero-order chi connectivity index (χ0) is 30.6. The molecule has 2 aromatic heterocycles. The van der Waals surface area contributed by atoms with E-state index in [4.69, 9.17) is 11.6 Å². The molecule has 0 aliphatic carbocycles. The molecular formula is C29H16ClF5N6O2. The summed E-state index contributed by atoms with van der Waals surface area (Å²) in [6, 6.07) is 12.2. The second-order valence-electron chi connectivity index (χ2n) is 9.61. The Morgan fingerprint density at radius 1 is 1.05 bits per heavy atom. The molecule has 1 aliphatic rings. The van der Waals surface area contributed by atoms with E-state index < -0.39 is 47.1 Å². The van der Waals surface area contributed by atoms with E-state index in [9.17, 15) is 37.1 Å². The van der Waals surface area contributed by atoms with Crippen LogP contribution in [0.25, 0.3) is 16.8 Å². The SMILES string of the molecule is N#Cc1c(-c2cc(NC(O)c3cc(F)cc(C(F)(F)F)c3)c3c(c2)C(=O)N[C@@H]3c2cc(F)ccc2Cl)ccc2ncnn12.